The average Bonchev–Trinajstić information content (AvgIpc) is 2.00. The van der Waals surface area contributed by atoms with Crippen LogP contribution in [0.4, 0.5) is 0 Å². The van der Waals surface area contributed by atoms with Crippen molar-refractivity contribution in [2.45, 2.75) is 26.1 Å². The number of esters is 1. The molecule has 4 nitrogen and oxygen atoms in total. The molecule has 0 aliphatic heterocycles. The Hall–Kier alpha value is -0.610. The number of rotatable bonds is 3. The molecule has 0 saturated heterocycles. The zero-order valence-corrected chi connectivity index (χ0v) is 6.94. The molecule has 0 bridgehead atoms. The lowest BCUT2D eigenvalue weighted by Gasteiger charge is -2.18. The van der Waals surface area contributed by atoms with E-state index < -0.39 is 24.1 Å². The fourth-order valence-corrected chi connectivity index (χ4v) is 0.599. The summed E-state index contributed by atoms with van der Waals surface area (Å²) in [6.45, 7) is 3.09. The summed E-state index contributed by atoms with van der Waals surface area (Å²) in [6.07, 6.45) is -1.95. The topological polar surface area (TPSA) is 66.8 Å². The minimum Gasteiger partial charge on any atom is -0.467 e. The molecule has 0 rings (SSSR count). The molecule has 0 amide bonds. The molecular formula is C7H14O4. The van der Waals surface area contributed by atoms with Gasteiger partial charge in [-0.15, -0.1) is 0 Å². The molecule has 0 aromatic heterocycles. The van der Waals surface area contributed by atoms with E-state index in [9.17, 15) is 4.79 Å². The number of ether oxygens (including phenoxy) is 1. The van der Waals surface area contributed by atoms with Crippen LogP contribution in [0.15, 0.2) is 0 Å². The lowest BCUT2D eigenvalue weighted by atomic mass is 10.00. The Morgan fingerprint density at radius 2 is 1.82 bits per heavy atom. The van der Waals surface area contributed by atoms with Gasteiger partial charge in [-0.3, -0.25) is 0 Å². The van der Waals surface area contributed by atoms with Crippen molar-refractivity contribution in [2.75, 3.05) is 7.11 Å². The molecule has 0 aliphatic rings. The summed E-state index contributed by atoms with van der Waals surface area (Å²) < 4.78 is 4.28. The van der Waals surface area contributed by atoms with Crippen molar-refractivity contribution in [1.82, 2.24) is 0 Å². The smallest absolute Gasteiger partial charge is 0.335 e. The highest BCUT2D eigenvalue weighted by molar-refractivity contribution is 5.74. The van der Waals surface area contributed by atoms with Gasteiger partial charge in [0.05, 0.1) is 13.2 Å². The van der Waals surface area contributed by atoms with Gasteiger partial charge < -0.3 is 14.9 Å². The normalized spacial score (nSPS) is 18.6. The van der Waals surface area contributed by atoms with E-state index in [-0.39, 0.29) is 0 Å². The predicted molar refractivity (Wildman–Crippen MR) is 38.9 cm³/mol. The number of aliphatic hydroxyl groups is 2. The van der Waals surface area contributed by atoms with Crippen molar-refractivity contribution in [3.05, 3.63) is 0 Å². The zero-order valence-electron chi connectivity index (χ0n) is 6.94. The lowest BCUT2D eigenvalue weighted by Crippen LogP contribution is -2.34. The quantitative estimate of drug-likeness (QED) is 0.551. The second kappa shape index (κ2) is 4.31. The maximum absolute atomic E-state index is 10.7. The Morgan fingerprint density at radius 1 is 1.36 bits per heavy atom. The predicted octanol–water partition coefficient (Wildman–Crippen LogP) is -0.463. The zero-order chi connectivity index (χ0) is 9.02. The summed E-state index contributed by atoms with van der Waals surface area (Å²) in [4.78, 5) is 10.7. The fraction of sp³-hybridized carbons (Fsp3) is 0.857. The van der Waals surface area contributed by atoms with Crippen LogP contribution in [0.1, 0.15) is 13.8 Å². The number of methoxy groups -OCH3 is 1. The Balaban J connectivity index is 4.01. The highest BCUT2D eigenvalue weighted by Gasteiger charge is 2.26. The van der Waals surface area contributed by atoms with Gasteiger partial charge in [0.2, 0.25) is 0 Å². The third-order valence-corrected chi connectivity index (χ3v) is 1.70. The van der Waals surface area contributed by atoms with Crippen LogP contribution in [-0.4, -0.2) is 35.5 Å². The highest BCUT2D eigenvalue weighted by atomic mass is 16.5. The number of carbonyl (C=O) groups excluding carboxylic acids is 1. The summed E-state index contributed by atoms with van der Waals surface area (Å²) in [5.41, 5.74) is 0. The van der Waals surface area contributed by atoms with Crippen molar-refractivity contribution >= 4 is 5.97 Å². The Bertz CT molecular complexity index is 132. The second-order valence-electron chi connectivity index (χ2n) is 2.57. The molecule has 0 aliphatic carbocycles. The first kappa shape index (κ1) is 10.4. The molecule has 66 valence electrons. The standard InChI is InChI=1S/C7H14O4/c1-4(5(2)8)6(9)7(10)11-3/h4-6,8-9H,1-3H3/t4-,5+,6-/m0/s1. The summed E-state index contributed by atoms with van der Waals surface area (Å²) in [7, 11) is 1.19. The highest BCUT2D eigenvalue weighted by Crippen LogP contribution is 2.09. The Kier molecular flexibility index (Phi) is 4.07. The van der Waals surface area contributed by atoms with Gasteiger partial charge in [0.25, 0.3) is 0 Å². The van der Waals surface area contributed by atoms with Crippen molar-refractivity contribution < 1.29 is 19.7 Å². The summed E-state index contributed by atoms with van der Waals surface area (Å²) in [5, 5.41) is 18.1. The van der Waals surface area contributed by atoms with E-state index >= 15 is 0 Å². The summed E-state index contributed by atoms with van der Waals surface area (Å²) in [6, 6.07) is 0. The number of hydrogen-bond acceptors (Lipinski definition) is 4. The van der Waals surface area contributed by atoms with Gasteiger partial charge in [0.15, 0.2) is 6.10 Å². The van der Waals surface area contributed by atoms with E-state index in [0.717, 1.165) is 0 Å². The largest absolute Gasteiger partial charge is 0.467 e. The number of carbonyl (C=O) groups is 1. The van der Waals surface area contributed by atoms with Gasteiger partial charge in [-0.05, 0) is 6.92 Å². The van der Waals surface area contributed by atoms with Crippen molar-refractivity contribution in [3.63, 3.8) is 0 Å². The molecule has 3 atom stereocenters. The lowest BCUT2D eigenvalue weighted by molar-refractivity contribution is -0.155. The van der Waals surface area contributed by atoms with Crippen LogP contribution < -0.4 is 0 Å². The van der Waals surface area contributed by atoms with E-state index in [1.54, 1.807) is 6.92 Å². The van der Waals surface area contributed by atoms with Crippen LogP contribution in [0.3, 0.4) is 0 Å². The van der Waals surface area contributed by atoms with Crippen LogP contribution in [-0.2, 0) is 9.53 Å². The van der Waals surface area contributed by atoms with Gasteiger partial charge in [-0.2, -0.15) is 0 Å². The molecule has 0 radical (unpaired) electrons. The molecule has 2 N–H and O–H groups in total. The summed E-state index contributed by atoms with van der Waals surface area (Å²) in [5.74, 6) is -1.21. The Morgan fingerprint density at radius 3 is 2.09 bits per heavy atom. The third kappa shape index (κ3) is 2.86. The maximum Gasteiger partial charge on any atom is 0.335 e. The first-order valence-corrected chi connectivity index (χ1v) is 3.44. The first-order valence-electron chi connectivity index (χ1n) is 3.44. The van der Waals surface area contributed by atoms with Gasteiger partial charge in [0, 0.05) is 5.92 Å². The molecule has 4 heteroatoms. The molecule has 0 aromatic rings. The van der Waals surface area contributed by atoms with E-state index in [2.05, 4.69) is 4.74 Å². The van der Waals surface area contributed by atoms with E-state index in [1.807, 2.05) is 0 Å². The number of hydrogen-bond donors (Lipinski definition) is 2. The molecule has 0 fully saturated rings. The molecule has 0 aromatic carbocycles. The molecular weight excluding hydrogens is 148 g/mol. The van der Waals surface area contributed by atoms with E-state index in [0.29, 0.717) is 0 Å². The molecule has 11 heavy (non-hydrogen) atoms. The van der Waals surface area contributed by atoms with E-state index in [4.69, 9.17) is 10.2 Å². The van der Waals surface area contributed by atoms with E-state index in [1.165, 1.54) is 14.0 Å². The van der Waals surface area contributed by atoms with Crippen molar-refractivity contribution in [1.29, 1.82) is 0 Å². The molecule has 0 saturated carbocycles. The maximum atomic E-state index is 10.7. The number of aliphatic hydroxyl groups excluding tert-OH is 2. The van der Waals surface area contributed by atoms with Crippen LogP contribution >= 0.6 is 0 Å². The van der Waals surface area contributed by atoms with Gasteiger partial charge in [-0.25, -0.2) is 4.79 Å². The van der Waals surface area contributed by atoms with Crippen molar-refractivity contribution in [2.24, 2.45) is 5.92 Å². The van der Waals surface area contributed by atoms with Gasteiger partial charge in [0.1, 0.15) is 0 Å². The first-order chi connectivity index (χ1) is 5.00. The van der Waals surface area contributed by atoms with Crippen molar-refractivity contribution in [3.8, 4) is 0 Å². The van der Waals surface area contributed by atoms with Gasteiger partial charge >= 0.3 is 5.97 Å². The van der Waals surface area contributed by atoms with Gasteiger partial charge in [-0.1, -0.05) is 6.92 Å². The molecule has 0 spiro atoms. The third-order valence-electron chi connectivity index (χ3n) is 1.70. The fourth-order valence-electron chi connectivity index (χ4n) is 0.599. The van der Waals surface area contributed by atoms with Crippen LogP contribution in [0, 0.1) is 5.92 Å². The Labute approximate surface area is 65.8 Å². The SMILES string of the molecule is COC(=O)[C@@H](O)[C@@H](C)[C@@H](C)O. The average molecular weight is 162 g/mol. The van der Waals surface area contributed by atoms with Crippen LogP contribution in [0.5, 0.6) is 0 Å². The molecule has 0 unspecified atom stereocenters. The van der Waals surface area contributed by atoms with Crippen LogP contribution in [0.25, 0.3) is 0 Å². The summed E-state index contributed by atoms with van der Waals surface area (Å²) >= 11 is 0. The van der Waals surface area contributed by atoms with Crippen LogP contribution in [0.2, 0.25) is 0 Å². The molecule has 0 heterocycles. The minimum atomic E-state index is -1.24. The minimum absolute atomic E-state index is 0.498. The monoisotopic (exact) mass is 162 g/mol. The second-order valence-corrected chi connectivity index (χ2v) is 2.57.